The van der Waals surface area contributed by atoms with E-state index in [-0.39, 0.29) is 6.10 Å². The van der Waals surface area contributed by atoms with Crippen LogP contribution in [0.2, 0.25) is 0 Å². The summed E-state index contributed by atoms with van der Waals surface area (Å²) in [6.45, 7) is 3.50. The summed E-state index contributed by atoms with van der Waals surface area (Å²) in [6.07, 6.45) is 0.194. The van der Waals surface area contributed by atoms with Gasteiger partial charge < -0.3 is 10.1 Å². The number of methoxy groups -OCH3 is 1. The minimum atomic E-state index is 0.194. The van der Waals surface area contributed by atoms with E-state index >= 15 is 0 Å². The molecule has 1 unspecified atom stereocenters. The van der Waals surface area contributed by atoms with E-state index in [0.29, 0.717) is 6.54 Å². The Hall–Kier alpha value is -1.37. The Morgan fingerprint density at radius 3 is 2.87 bits per heavy atom. The van der Waals surface area contributed by atoms with Crippen LogP contribution < -0.4 is 5.32 Å². The molecule has 0 saturated carbocycles. The molecular formula is C12H16N2O. The van der Waals surface area contributed by atoms with Crippen LogP contribution in [0.4, 0.5) is 0 Å². The standard InChI is InChI=1S/C12H16N2O/c1-10(15-2)8-14-9-12-6-4-3-5-11(12)7-13/h3-6,10,14H,8-9H2,1-2H3. The van der Waals surface area contributed by atoms with E-state index in [1.807, 2.05) is 31.2 Å². The topological polar surface area (TPSA) is 45.0 Å². The molecule has 3 nitrogen and oxygen atoms in total. The largest absolute Gasteiger partial charge is 0.380 e. The molecule has 1 atom stereocenters. The number of hydrogen-bond donors (Lipinski definition) is 1. The molecule has 0 heterocycles. The molecule has 80 valence electrons. The van der Waals surface area contributed by atoms with E-state index in [1.54, 1.807) is 7.11 Å². The van der Waals surface area contributed by atoms with E-state index in [2.05, 4.69) is 11.4 Å². The van der Waals surface area contributed by atoms with Crippen LogP contribution in [0.25, 0.3) is 0 Å². The van der Waals surface area contributed by atoms with E-state index < -0.39 is 0 Å². The minimum Gasteiger partial charge on any atom is -0.380 e. The molecule has 1 N–H and O–H groups in total. The molecule has 15 heavy (non-hydrogen) atoms. The molecule has 0 fully saturated rings. The fourth-order valence-electron chi connectivity index (χ4n) is 1.28. The van der Waals surface area contributed by atoms with Crippen molar-refractivity contribution < 1.29 is 4.74 Å². The second-order valence-electron chi connectivity index (χ2n) is 3.45. The van der Waals surface area contributed by atoms with Crippen molar-refractivity contribution in [1.29, 1.82) is 5.26 Å². The normalized spacial score (nSPS) is 12.1. The number of nitrogens with zero attached hydrogens (tertiary/aromatic N) is 1. The summed E-state index contributed by atoms with van der Waals surface area (Å²) in [5.74, 6) is 0. The van der Waals surface area contributed by atoms with Crippen LogP contribution in [0.3, 0.4) is 0 Å². The Kier molecular flexibility index (Phi) is 4.82. The van der Waals surface area contributed by atoms with Gasteiger partial charge in [-0.3, -0.25) is 0 Å². The summed E-state index contributed by atoms with van der Waals surface area (Å²) >= 11 is 0. The third kappa shape index (κ3) is 3.70. The fourth-order valence-corrected chi connectivity index (χ4v) is 1.28. The van der Waals surface area contributed by atoms with Gasteiger partial charge in [0.25, 0.3) is 0 Å². The summed E-state index contributed by atoms with van der Waals surface area (Å²) < 4.78 is 5.12. The quantitative estimate of drug-likeness (QED) is 0.793. The molecule has 0 amide bonds. The lowest BCUT2D eigenvalue weighted by Crippen LogP contribution is -2.25. The predicted octanol–water partition coefficient (Wildman–Crippen LogP) is 1.68. The van der Waals surface area contributed by atoms with Gasteiger partial charge in [-0.25, -0.2) is 0 Å². The maximum atomic E-state index is 8.87. The molecular weight excluding hydrogens is 188 g/mol. The van der Waals surface area contributed by atoms with Crippen molar-refractivity contribution in [3.8, 4) is 6.07 Å². The van der Waals surface area contributed by atoms with Crippen molar-refractivity contribution >= 4 is 0 Å². The van der Waals surface area contributed by atoms with Gasteiger partial charge in [0.2, 0.25) is 0 Å². The first-order chi connectivity index (χ1) is 7.27. The zero-order chi connectivity index (χ0) is 11.1. The van der Waals surface area contributed by atoms with Crippen molar-refractivity contribution in [2.24, 2.45) is 0 Å². The van der Waals surface area contributed by atoms with Crippen LogP contribution in [-0.2, 0) is 11.3 Å². The SMILES string of the molecule is COC(C)CNCc1ccccc1C#N. The average molecular weight is 204 g/mol. The van der Waals surface area contributed by atoms with Gasteiger partial charge in [0.15, 0.2) is 0 Å². The highest BCUT2D eigenvalue weighted by Crippen LogP contribution is 2.06. The van der Waals surface area contributed by atoms with Crippen LogP contribution in [0.5, 0.6) is 0 Å². The lowest BCUT2D eigenvalue weighted by molar-refractivity contribution is 0.117. The molecule has 0 aliphatic carbocycles. The second kappa shape index (κ2) is 6.18. The Labute approximate surface area is 90.7 Å². The highest BCUT2D eigenvalue weighted by atomic mass is 16.5. The van der Waals surface area contributed by atoms with Crippen LogP contribution in [-0.4, -0.2) is 19.8 Å². The molecule has 0 bridgehead atoms. The molecule has 0 aliphatic rings. The molecule has 1 rings (SSSR count). The maximum Gasteiger partial charge on any atom is 0.0995 e. The monoisotopic (exact) mass is 204 g/mol. The van der Waals surface area contributed by atoms with E-state index in [0.717, 1.165) is 17.7 Å². The highest BCUT2D eigenvalue weighted by Gasteiger charge is 2.01. The summed E-state index contributed by atoms with van der Waals surface area (Å²) in [5.41, 5.74) is 1.76. The Bertz CT molecular complexity index is 344. The molecule has 1 aromatic rings. The van der Waals surface area contributed by atoms with Crippen molar-refractivity contribution in [3.05, 3.63) is 35.4 Å². The number of hydrogen-bond acceptors (Lipinski definition) is 3. The third-order valence-electron chi connectivity index (χ3n) is 2.29. The zero-order valence-corrected chi connectivity index (χ0v) is 9.16. The van der Waals surface area contributed by atoms with E-state index in [9.17, 15) is 0 Å². The molecule has 0 spiro atoms. The van der Waals surface area contributed by atoms with Gasteiger partial charge >= 0.3 is 0 Å². The van der Waals surface area contributed by atoms with Gasteiger partial charge in [-0.05, 0) is 18.6 Å². The van der Waals surface area contributed by atoms with Crippen LogP contribution in [0.1, 0.15) is 18.1 Å². The fraction of sp³-hybridized carbons (Fsp3) is 0.417. The number of rotatable bonds is 5. The van der Waals surface area contributed by atoms with Crippen molar-refractivity contribution in [3.63, 3.8) is 0 Å². The van der Waals surface area contributed by atoms with Crippen LogP contribution in [0, 0.1) is 11.3 Å². The summed E-state index contributed by atoms with van der Waals surface area (Å²) in [4.78, 5) is 0. The summed E-state index contributed by atoms with van der Waals surface area (Å²) in [7, 11) is 1.69. The van der Waals surface area contributed by atoms with Gasteiger partial charge in [0.05, 0.1) is 17.7 Å². The number of ether oxygens (including phenoxy) is 1. The van der Waals surface area contributed by atoms with Crippen molar-refractivity contribution in [2.75, 3.05) is 13.7 Å². The second-order valence-corrected chi connectivity index (χ2v) is 3.45. The molecule has 3 heteroatoms. The predicted molar refractivity (Wildman–Crippen MR) is 59.3 cm³/mol. The number of nitriles is 1. The molecule has 0 aromatic heterocycles. The smallest absolute Gasteiger partial charge is 0.0995 e. The first-order valence-electron chi connectivity index (χ1n) is 4.99. The average Bonchev–Trinajstić information content (AvgIpc) is 2.29. The molecule has 0 radical (unpaired) electrons. The number of benzene rings is 1. The lowest BCUT2D eigenvalue weighted by atomic mass is 10.1. The lowest BCUT2D eigenvalue weighted by Gasteiger charge is -2.11. The summed E-state index contributed by atoms with van der Waals surface area (Å²) in [5, 5.41) is 12.1. The van der Waals surface area contributed by atoms with Crippen molar-refractivity contribution in [1.82, 2.24) is 5.32 Å². The summed E-state index contributed by atoms with van der Waals surface area (Å²) in [6, 6.07) is 9.78. The molecule has 0 saturated heterocycles. The van der Waals surface area contributed by atoms with Crippen LogP contribution in [0.15, 0.2) is 24.3 Å². The number of nitrogens with one attached hydrogen (secondary N) is 1. The van der Waals surface area contributed by atoms with E-state index in [1.165, 1.54) is 0 Å². The Morgan fingerprint density at radius 1 is 1.47 bits per heavy atom. The van der Waals surface area contributed by atoms with Gasteiger partial charge in [-0.2, -0.15) is 5.26 Å². The Morgan fingerprint density at radius 2 is 2.20 bits per heavy atom. The van der Waals surface area contributed by atoms with E-state index in [4.69, 9.17) is 10.00 Å². The Balaban J connectivity index is 2.47. The first kappa shape index (κ1) is 11.7. The highest BCUT2D eigenvalue weighted by molar-refractivity contribution is 5.37. The first-order valence-corrected chi connectivity index (χ1v) is 4.99. The zero-order valence-electron chi connectivity index (χ0n) is 9.16. The van der Waals surface area contributed by atoms with Crippen molar-refractivity contribution in [2.45, 2.75) is 19.6 Å². The van der Waals surface area contributed by atoms with Gasteiger partial charge in [-0.1, -0.05) is 18.2 Å². The van der Waals surface area contributed by atoms with Gasteiger partial charge in [0, 0.05) is 20.2 Å². The minimum absolute atomic E-state index is 0.194. The molecule has 1 aromatic carbocycles. The molecule has 0 aliphatic heterocycles. The van der Waals surface area contributed by atoms with Gasteiger partial charge in [0.1, 0.15) is 0 Å². The van der Waals surface area contributed by atoms with Crippen LogP contribution >= 0.6 is 0 Å². The van der Waals surface area contributed by atoms with Gasteiger partial charge in [-0.15, -0.1) is 0 Å². The third-order valence-corrected chi connectivity index (χ3v) is 2.29. The maximum absolute atomic E-state index is 8.87.